The first-order valence-corrected chi connectivity index (χ1v) is 10.7. The second-order valence-electron chi connectivity index (χ2n) is 7.41. The van der Waals surface area contributed by atoms with Crippen LogP contribution < -0.4 is 4.90 Å². The number of benzene rings is 1. The van der Waals surface area contributed by atoms with E-state index in [1.807, 2.05) is 18.2 Å². The van der Waals surface area contributed by atoms with Gasteiger partial charge in [-0.3, -0.25) is 14.7 Å². The number of thioether (sulfide) groups is 1. The number of nitrogens with zero attached hydrogens (tertiary/aromatic N) is 3. The highest BCUT2D eigenvalue weighted by Crippen LogP contribution is 2.38. The molecule has 0 saturated carbocycles. The molecule has 3 heterocycles. The van der Waals surface area contributed by atoms with E-state index < -0.39 is 11.7 Å². The second kappa shape index (κ2) is 8.56. The number of amides is 1. The molecular formula is C21H22F3N3O2S. The van der Waals surface area contributed by atoms with Gasteiger partial charge >= 0.3 is 6.18 Å². The van der Waals surface area contributed by atoms with E-state index in [-0.39, 0.29) is 5.91 Å². The Bertz CT molecular complexity index is 921. The largest absolute Gasteiger partial charge is 0.417 e. The maximum absolute atomic E-state index is 12.8. The maximum atomic E-state index is 12.8. The van der Waals surface area contributed by atoms with Crippen LogP contribution in [-0.4, -0.2) is 60.4 Å². The predicted molar refractivity (Wildman–Crippen MR) is 110 cm³/mol. The average molecular weight is 437 g/mol. The van der Waals surface area contributed by atoms with Gasteiger partial charge in [0.2, 0.25) is 5.91 Å². The maximum Gasteiger partial charge on any atom is 0.417 e. The molecule has 1 aromatic carbocycles. The van der Waals surface area contributed by atoms with Crippen molar-refractivity contribution in [2.24, 2.45) is 0 Å². The minimum Gasteiger partial charge on any atom is -0.379 e. The van der Waals surface area contributed by atoms with E-state index in [9.17, 15) is 18.0 Å². The first kappa shape index (κ1) is 21.1. The molecule has 0 N–H and O–H groups in total. The number of alkyl halides is 3. The molecule has 1 atom stereocenters. The zero-order valence-electron chi connectivity index (χ0n) is 16.5. The number of hydrogen-bond donors (Lipinski definition) is 0. The topological polar surface area (TPSA) is 45.7 Å². The molecule has 2 aliphatic heterocycles. The monoisotopic (exact) mass is 437 g/mol. The summed E-state index contributed by atoms with van der Waals surface area (Å²) < 4.78 is 43.9. The zero-order chi connectivity index (χ0) is 21.3. The van der Waals surface area contributed by atoms with Crippen molar-refractivity contribution >= 4 is 23.4 Å². The number of carbonyl (C=O) groups is 1. The Morgan fingerprint density at radius 1 is 1.23 bits per heavy atom. The Kier molecular flexibility index (Phi) is 6.04. The number of pyridine rings is 1. The molecule has 1 aromatic heterocycles. The summed E-state index contributed by atoms with van der Waals surface area (Å²) >= 11 is 1.48. The minimum atomic E-state index is -4.42. The lowest BCUT2D eigenvalue weighted by Crippen LogP contribution is -2.48. The number of halogens is 3. The summed E-state index contributed by atoms with van der Waals surface area (Å²) in [4.78, 5) is 21.7. The van der Waals surface area contributed by atoms with Crippen molar-refractivity contribution in [3.8, 4) is 11.3 Å². The van der Waals surface area contributed by atoms with Crippen LogP contribution in [0.2, 0.25) is 0 Å². The van der Waals surface area contributed by atoms with Crippen molar-refractivity contribution in [1.29, 1.82) is 0 Å². The van der Waals surface area contributed by atoms with Gasteiger partial charge in [0.15, 0.2) is 0 Å². The molecule has 1 unspecified atom stereocenters. The summed E-state index contributed by atoms with van der Waals surface area (Å²) in [6, 6.07) is 8.28. The predicted octanol–water partition coefficient (Wildman–Crippen LogP) is 3.93. The molecule has 1 fully saturated rings. The van der Waals surface area contributed by atoms with Crippen LogP contribution in [0.5, 0.6) is 0 Å². The Morgan fingerprint density at radius 2 is 2.07 bits per heavy atom. The summed E-state index contributed by atoms with van der Waals surface area (Å²) in [7, 11) is 0. The Morgan fingerprint density at radius 3 is 2.77 bits per heavy atom. The van der Waals surface area contributed by atoms with Gasteiger partial charge < -0.3 is 9.64 Å². The van der Waals surface area contributed by atoms with Crippen LogP contribution in [0.25, 0.3) is 11.3 Å². The second-order valence-corrected chi connectivity index (χ2v) is 8.42. The molecule has 4 rings (SSSR count). The number of carbonyl (C=O) groups excluding carboxylic acids is 1. The lowest BCUT2D eigenvalue weighted by Gasteiger charge is -2.36. The number of anilines is 1. The standard InChI is InChI=1S/C21H22F3N3O2S/c1-14-12-29-9-8-26(14)6-7-27-18-10-15(2-5-19(18)30-13-20(27)28)17-4-3-16(11-25-17)21(22,23)24/h2-5,10-11,14H,6-9,12-13H2,1H3. The van der Waals surface area contributed by atoms with Crippen LogP contribution in [0.15, 0.2) is 41.4 Å². The number of rotatable bonds is 4. The first-order valence-electron chi connectivity index (χ1n) is 9.75. The van der Waals surface area contributed by atoms with E-state index >= 15 is 0 Å². The van der Waals surface area contributed by atoms with Crippen molar-refractivity contribution in [1.82, 2.24) is 9.88 Å². The fourth-order valence-electron chi connectivity index (χ4n) is 3.66. The third-order valence-corrected chi connectivity index (χ3v) is 6.45. The van der Waals surface area contributed by atoms with Gasteiger partial charge in [-0.1, -0.05) is 6.07 Å². The van der Waals surface area contributed by atoms with Crippen LogP contribution in [0.4, 0.5) is 18.9 Å². The van der Waals surface area contributed by atoms with Crippen molar-refractivity contribution in [3.05, 3.63) is 42.1 Å². The number of fused-ring (bicyclic) bond motifs is 1. The third kappa shape index (κ3) is 4.48. The number of hydrogen-bond acceptors (Lipinski definition) is 5. The summed E-state index contributed by atoms with van der Waals surface area (Å²) in [6.45, 7) is 5.61. The zero-order valence-corrected chi connectivity index (χ0v) is 17.3. The lowest BCUT2D eigenvalue weighted by molar-refractivity contribution is -0.137. The Labute approximate surface area is 177 Å². The summed E-state index contributed by atoms with van der Waals surface area (Å²) in [5.74, 6) is 0.412. The Hall–Kier alpha value is -2.10. The molecule has 1 saturated heterocycles. The summed E-state index contributed by atoms with van der Waals surface area (Å²) in [6.07, 6.45) is -3.58. The highest BCUT2D eigenvalue weighted by Gasteiger charge is 2.31. The highest BCUT2D eigenvalue weighted by atomic mass is 32.2. The number of ether oxygens (including phenoxy) is 1. The minimum absolute atomic E-state index is 0.0333. The van der Waals surface area contributed by atoms with Crippen LogP contribution in [0.3, 0.4) is 0 Å². The van der Waals surface area contributed by atoms with Gasteiger partial charge in [-0.25, -0.2) is 0 Å². The van der Waals surface area contributed by atoms with Gasteiger partial charge in [0.1, 0.15) is 0 Å². The van der Waals surface area contributed by atoms with Gasteiger partial charge in [0.25, 0.3) is 0 Å². The number of aromatic nitrogens is 1. The molecule has 30 heavy (non-hydrogen) atoms. The van der Waals surface area contributed by atoms with E-state index in [4.69, 9.17) is 4.74 Å². The molecule has 0 spiro atoms. The van der Waals surface area contributed by atoms with E-state index in [0.29, 0.717) is 42.8 Å². The molecule has 2 aliphatic rings. The van der Waals surface area contributed by atoms with Crippen LogP contribution in [0, 0.1) is 0 Å². The normalized spacial score (nSPS) is 20.3. The molecule has 0 aliphatic carbocycles. The van der Waals surface area contributed by atoms with Crippen LogP contribution >= 0.6 is 11.8 Å². The van der Waals surface area contributed by atoms with E-state index in [1.165, 1.54) is 17.8 Å². The fourth-order valence-corrected chi connectivity index (χ4v) is 4.58. The van der Waals surface area contributed by atoms with Crippen molar-refractivity contribution in [2.45, 2.75) is 24.0 Å². The summed E-state index contributed by atoms with van der Waals surface area (Å²) in [5.41, 5.74) is 1.13. The van der Waals surface area contributed by atoms with E-state index in [2.05, 4.69) is 16.8 Å². The van der Waals surface area contributed by atoms with Crippen molar-refractivity contribution < 1.29 is 22.7 Å². The molecule has 0 bridgehead atoms. The third-order valence-electron chi connectivity index (χ3n) is 5.40. The molecule has 5 nitrogen and oxygen atoms in total. The van der Waals surface area contributed by atoms with E-state index in [0.717, 1.165) is 35.9 Å². The molecular weight excluding hydrogens is 415 g/mol. The Balaban J connectivity index is 1.57. The smallest absolute Gasteiger partial charge is 0.379 e. The van der Waals surface area contributed by atoms with Crippen LogP contribution in [0.1, 0.15) is 12.5 Å². The van der Waals surface area contributed by atoms with Gasteiger partial charge in [0, 0.05) is 42.3 Å². The molecule has 160 valence electrons. The van der Waals surface area contributed by atoms with Gasteiger partial charge in [0.05, 0.1) is 35.9 Å². The lowest BCUT2D eigenvalue weighted by atomic mass is 10.1. The molecule has 9 heteroatoms. The highest BCUT2D eigenvalue weighted by molar-refractivity contribution is 8.00. The molecule has 0 radical (unpaired) electrons. The van der Waals surface area contributed by atoms with Gasteiger partial charge in [-0.2, -0.15) is 13.2 Å². The van der Waals surface area contributed by atoms with Crippen LogP contribution in [-0.2, 0) is 15.7 Å². The molecule has 1 amide bonds. The molecule has 2 aromatic rings. The van der Waals surface area contributed by atoms with Crippen molar-refractivity contribution in [2.75, 3.05) is 43.5 Å². The quantitative estimate of drug-likeness (QED) is 0.726. The summed E-state index contributed by atoms with van der Waals surface area (Å²) in [5, 5.41) is 0. The SMILES string of the molecule is CC1COCCN1CCN1C(=O)CSc2ccc(-c3ccc(C(F)(F)F)cn3)cc21. The van der Waals surface area contributed by atoms with Gasteiger partial charge in [-0.05, 0) is 31.2 Å². The fraction of sp³-hybridized carbons (Fsp3) is 0.429. The average Bonchev–Trinajstić information content (AvgIpc) is 2.73. The van der Waals surface area contributed by atoms with Gasteiger partial charge in [-0.15, -0.1) is 11.8 Å². The van der Waals surface area contributed by atoms with Crippen molar-refractivity contribution in [3.63, 3.8) is 0 Å². The number of morpholine rings is 1. The first-order chi connectivity index (χ1) is 14.3. The van der Waals surface area contributed by atoms with E-state index in [1.54, 1.807) is 4.90 Å².